The summed E-state index contributed by atoms with van der Waals surface area (Å²) in [6.45, 7) is 2.14. The zero-order chi connectivity index (χ0) is 9.40. The Balaban J connectivity index is 3.24. The van der Waals surface area contributed by atoms with Crippen LogP contribution in [0.5, 0.6) is 0 Å². The first kappa shape index (κ1) is 12.2. The van der Waals surface area contributed by atoms with E-state index < -0.39 is 12.2 Å². The fourth-order valence-electron chi connectivity index (χ4n) is 1.08. The van der Waals surface area contributed by atoms with E-state index in [1.807, 2.05) is 0 Å². The van der Waals surface area contributed by atoms with Crippen molar-refractivity contribution in [3.63, 3.8) is 0 Å². The highest BCUT2D eigenvalue weighted by molar-refractivity contribution is 6.18. The Labute approximate surface area is 79.6 Å². The van der Waals surface area contributed by atoms with Crippen LogP contribution in [0.15, 0.2) is 0 Å². The van der Waals surface area contributed by atoms with Crippen molar-refractivity contribution in [2.75, 3.05) is 5.88 Å². The van der Waals surface area contributed by atoms with Gasteiger partial charge in [-0.15, -0.1) is 11.6 Å². The Morgan fingerprint density at radius 3 is 2.25 bits per heavy atom. The number of hydrogen-bond donors (Lipinski definition) is 2. The summed E-state index contributed by atoms with van der Waals surface area (Å²) in [5, 5.41) is 18.4. The van der Waals surface area contributed by atoms with Gasteiger partial charge in [0.25, 0.3) is 0 Å². The molecule has 2 N–H and O–H groups in total. The van der Waals surface area contributed by atoms with Gasteiger partial charge in [0.15, 0.2) is 0 Å². The van der Waals surface area contributed by atoms with Crippen molar-refractivity contribution in [1.82, 2.24) is 0 Å². The van der Waals surface area contributed by atoms with Crippen molar-refractivity contribution >= 4 is 11.6 Å². The molecule has 0 aromatic rings. The monoisotopic (exact) mass is 194 g/mol. The van der Waals surface area contributed by atoms with Crippen LogP contribution in [0.1, 0.15) is 39.0 Å². The maximum atomic E-state index is 9.28. The zero-order valence-corrected chi connectivity index (χ0v) is 8.43. The lowest BCUT2D eigenvalue weighted by Gasteiger charge is -2.14. The van der Waals surface area contributed by atoms with Gasteiger partial charge in [0.1, 0.15) is 0 Å². The normalized spacial score (nSPS) is 16.0. The highest BCUT2D eigenvalue weighted by Crippen LogP contribution is 2.08. The molecule has 0 fully saturated rings. The molecule has 0 aliphatic heterocycles. The number of alkyl halides is 1. The molecule has 0 spiro atoms. The number of halogens is 1. The first-order valence-electron chi connectivity index (χ1n) is 4.64. The lowest BCUT2D eigenvalue weighted by molar-refractivity contribution is 0.0268. The predicted octanol–water partition coefficient (Wildman–Crippen LogP) is 1.92. The fourth-order valence-corrected chi connectivity index (χ4v) is 1.28. The van der Waals surface area contributed by atoms with E-state index in [4.69, 9.17) is 16.7 Å². The van der Waals surface area contributed by atoms with Crippen LogP contribution in [0, 0.1) is 0 Å². The molecule has 0 aromatic carbocycles. The summed E-state index contributed by atoms with van der Waals surface area (Å²) in [6, 6.07) is 0. The Hall–Kier alpha value is 0.210. The van der Waals surface area contributed by atoms with E-state index in [1.165, 1.54) is 12.8 Å². The van der Waals surface area contributed by atoms with Crippen molar-refractivity contribution in [2.45, 2.75) is 51.2 Å². The minimum absolute atomic E-state index is 0.120. The largest absolute Gasteiger partial charge is 0.390 e. The third kappa shape index (κ3) is 5.81. The molecule has 0 aromatic heterocycles. The van der Waals surface area contributed by atoms with Gasteiger partial charge in [0.2, 0.25) is 0 Å². The molecule has 0 bridgehead atoms. The standard InChI is InChI=1S/C9H19ClO2/c1-2-3-4-5-6-8(11)9(12)7-10/h8-9,11-12H,2-7H2,1H3/t8-,9-/m0/s1. The highest BCUT2D eigenvalue weighted by Gasteiger charge is 2.13. The molecular weight excluding hydrogens is 176 g/mol. The first-order valence-corrected chi connectivity index (χ1v) is 5.18. The molecule has 0 amide bonds. The van der Waals surface area contributed by atoms with Gasteiger partial charge in [-0.2, -0.15) is 0 Å². The van der Waals surface area contributed by atoms with Gasteiger partial charge < -0.3 is 10.2 Å². The van der Waals surface area contributed by atoms with Gasteiger partial charge >= 0.3 is 0 Å². The molecule has 2 nitrogen and oxygen atoms in total. The maximum Gasteiger partial charge on any atom is 0.0933 e. The molecule has 0 heterocycles. The number of rotatable bonds is 7. The van der Waals surface area contributed by atoms with Crippen LogP contribution < -0.4 is 0 Å². The quantitative estimate of drug-likeness (QED) is 0.480. The summed E-state index contributed by atoms with van der Waals surface area (Å²) in [4.78, 5) is 0. The van der Waals surface area contributed by atoms with Crippen LogP contribution >= 0.6 is 11.6 Å². The zero-order valence-electron chi connectivity index (χ0n) is 7.67. The van der Waals surface area contributed by atoms with E-state index in [1.54, 1.807) is 0 Å². The minimum atomic E-state index is -0.756. The van der Waals surface area contributed by atoms with Gasteiger partial charge in [-0.3, -0.25) is 0 Å². The summed E-state index contributed by atoms with van der Waals surface area (Å²) in [5.41, 5.74) is 0. The highest BCUT2D eigenvalue weighted by atomic mass is 35.5. The van der Waals surface area contributed by atoms with Crippen LogP contribution in [0.3, 0.4) is 0 Å². The third-order valence-electron chi connectivity index (χ3n) is 1.96. The fraction of sp³-hybridized carbons (Fsp3) is 1.00. The first-order chi connectivity index (χ1) is 5.72. The number of hydrogen-bond acceptors (Lipinski definition) is 2. The molecule has 3 heteroatoms. The lowest BCUT2D eigenvalue weighted by atomic mass is 10.1. The molecule has 0 rings (SSSR count). The summed E-state index contributed by atoms with van der Waals surface area (Å²) in [5.74, 6) is 0.120. The SMILES string of the molecule is CCCCCC[C@H](O)[C@@H](O)CCl. The van der Waals surface area contributed by atoms with E-state index in [2.05, 4.69) is 6.92 Å². The van der Waals surface area contributed by atoms with Crippen LogP contribution in [0.4, 0.5) is 0 Å². The van der Waals surface area contributed by atoms with Gasteiger partial charge in [-0.25, -0.2) is 0 Å². The summed E-state index contributed by atoms with van der Waals surface area (Å²) in [7, 11) is 0. The Morgan fingerprint density at radius 2 is 1.75 bits per heavy atom. The van der Waals surface area contributed by atoms with Crippen molar-refractivity contribution < 1.29 is 10.2 Å². The smallest absolute Gasteiger partial charge is 0.0933 e. The van der Waals surface area contributed by atoms with Crippen molar-refractivity contribution in [1.29, 1.82) is 0 Å². The van der Waals surface area contributed by atoms with Crippen molar-refractivity contribution in [3.05, 3.63) is 0 Å². The number of aliphatic hydroxyl groups excluding tert-OH is 2. The van der Waals surface area contributed by atoms with Crippen molar-refractivity contribution in [3.8, 4) is 0 Å². The van der Waals surface area contributed by atoms with E-state index in [0.29, 0.717) is 6.42 Å². The second-order valence-corrected chi connectivity index (χ2v) is 3.45. The van der Waals surface area contributed by atoms with Crippen LogP contribution in [-0.4, -0.2) is 28.3 Å². The molecule has 0 radical (unpaired) electrons. The third-order valence-corrected chi connectivity index (χ3v) is 2.27. The lowest BCUT2D eigenvalue weighted by Crippen LogP contribution is -2.27. The molecular formula is C9H19ClO2. The summed E-state index contributed by atoms with van der Waals surface area (Å²) >= 11 is 5.38. The van der Waals surface area contributed by atoms with Crippen LogP contribution in [-0.2, 0) is 0 Å². The molecule has 12 heavy (non-hydrogen) atoms. The molecule has 0 unspecified atom stereocenters. The van der Waals surface area contributed by atoms with Gasteiger partial charge in [0, 0.05) is 0 Å². The van der Waals surface area contributed by atoms with Crippen molar-refractivity contribution in [2.24, 2.45) is 0 Å². The Morgan fingerprint density at radius 1 is 1.08 bits per heavy atom. The van der Waals surface area contributed by atoms with Crippen LogP contribution in [0.2, 0.25) is 0 Å². The average Bonchev–Trinajstić information content (AvgIpc) is 2.10. The van der Waals surface area contributed by atoms with E-state index in [0.717, 1.165) is 12.8 Å². The maximum absolute atomic E-state index is 9.28. The Bertz CT molecular complexity index is 98.5. The van der Waals surface area contributed by atoms with E-state index in [9.17, 15) is 5.11 Å². The van der Waals surface area contributed by atoms with E-state index in [-0.39, 0.29) is 5.88 Å². The second kappa shape index (κ2) is 7.84. The van der Waals surface area contributed by atoms with Crippen LogP contribution in [0.25, 0.3) is 0 Å². The second-order valence-electron chi connectivity index (χ2n) is 3.14. The molecule has 0 aliphatic rings. The summed E-state index contributed by atoms with van der Waals surface area (Å²) in [6.07, 6.45) is 3.75. The molecule has 2 atom stereocenters. The minimum Gasteiger partial charge on any atom is -0.390 e. The topological polar surface area (TPSA) is 40.5 Å². The van der Waals surface area contributed by atoms with E-state index >= 15 is 0 Å². The van der Waals surface area contributed by atoms with Gasteiger partial charge in [0.05, 0.1) is 18.1 Å². The molecule has 0 saturated carbocycles. The molecule has 0 saturated heterocycles. The summed E-state index contributed by atoms with van der Waals surface area (Å²) < 4.78 is 0. The van der Waals surface area contributed by atoms with Gasteiger partial charge in [-0.1, -0.05) is 32.6 Å². The number of unbranched alkanes of at least 4 members (excludes halogenated alkanes) is 3. The predicted molar refractivity (Wildman–Crippen MR) is 51.5 cm³/mol. The van der Waals surface area contributed by atoms with Gasteiger partial charge in [-0.05, 0) is 6.42 Å². The Kier molecular flexibility index (Phi) is 7.98. The molecule has 0 aliphatic carbocycles. The number of aliphatic hydroxyl groups is 2. The average molecular weight is 195 g/mol. The molecule has 74 valence electrons.